The zero-order chi connectivity index (χ0) is 16.2. The summed E-state index contributed by atoms with van der Waals surface area (Å²) in [7, 11) is 1.63. The summed E-state index contributed by atoms with van der Waals surface area (Å²) in [5.74, 6) is 0.735. The molecule has 1 aromatic heterocycles. The van der Waals surface area contributed by atoms with Crippen LogP contribution in [0.1, 0.15) is 36.6 Å². The normalized spacial score (nSPS) is 20.1. The summed E-state index contributed by atoms with van der Waals surface area (Å²) in [6.45, 7) is 0.736. The monoisotopic (exact) mass is 315 g/mol. The zero-order valence-electron chi connectivity index (χ0n) is 13.1. The maximum absolute atomic E-state index is 11.7. The number of hydrogen-bond acceptors (Lipinski definition) is 4. The van der Waals surface area contributed by atoms with E-state index in [-0.39, 0.29) is 6.04 Å². The molecule has 1 aliphatic heterocycles. The number of benzene rings is 1. The SMILES string of the molecule is COc1cccc(C(c2ccco2)N2CCCCC2C(=O)O)c1. The Morgan fingerprint density at radius 3 is 2.91 bits per heavy atom. The first-order chi connectivity index (χ1) is 11.2. The van der Waals surface area contributed by atoms with Crippen LogP contribution in [0.5, 0.6) is 5.75 Å². The van der Waals surface area contributed by atoms with Gasteiger partial charge in [-0.3, -0.25) is 9.69 Å². The molecule has 1 fully saturated rings. The molecular weight excluding hydrogens is 294 g/mol. The minimum absolute atomic E-state index is 0.221. The molecule has 0 radical (unpaired) electrons. The Labute approximate surface area is 135 Å². The van der Waals surface area contributed by atoms with Gasteiger partial charge in [-0.2, -0.15) is 0 Å². The van der Waals surface area contributed by atoms with Gasteiger partial charge >= 0.3 is 5.97 Å². The molecule has 0 aliphatic carbocycles. The quantitative estimate of drug-likeness (QED) is 0.917. The summed E-state index contributed by atoms with van der Waals surface area (Å²) in [6, 6.07) is 10.8. The summed E-state index contributed by atoms with van der Waals surface area (Å²) in [4.78, 5) is 13.7. The molecule has 1 aliphatic rings. The third-order valence-electron chi connectivity index (χ3n) is 4.38. The molecule has 0 amide bonds. The van der Waals surface area contributed by atoms with Crippen LogP contribution >= 0.6 is 0 Å². The maximum Gasteiger partial charge on any atom is 0.320 e. The van der Waals surface area contributed by atoms with E-state index in [1.807, 2.05) is 41.3 Å². The minimum Gasteiger partial charge on any atom is -0.497 e. The largest absolute Gasteiger partial charge is 0.497 e. The maximum atomic E-state index is 11.7. The van der Waals surface area contributed by atoms with Gasteiger partial charge in [0.15, 0.2) is 0 Å². The highest BCUT2D eigenvalue weighted by atomic mass is 16.5. The fraction of sp³-hybridized carbons (Fsp3) is 0.389. The number of carboxylic acids is 1. The second kappa shape index (κ2) is 6.87. The van der Waals surface area contributed by atoms with Gasteiger partial charge in [-0.15, -0.1) is 0 Å². The molecule has 122 valence electrons. The standard InChI is InChI=1S/C18H21NO4/c1-22-14-7-4-6-13(12-14)17(16-9-5-11-23-16)19-10-3-2-8-15(19)18(20)21/h4-7,9,11-12,15,17H,2-3,8,10H2,1H3,(H,20,21). The fourth-order valence-corrected chi connectivity index (χ4v) is 3.31. The Balaban J connectivity index is 2.03. The average molecular weight is 315 g/mol. The topological polar surface area (TPSA) is 62.9 Å². The van der Waals surface area contributed by atoms with Gasteiger partial charge in [-0.05, 0) is 42.7 Å². The predicted octanol–water partition coefficient (Wildman–Crippen LogP) is 3.32. The van der Waals surface area contributed by atoms with E-state index in [1.54, 1.807) is 13.4 Å². The number of methoxy groups -OCH3 is 1. The average Bonchev–Trinajstić information content (AvgIpc) is 3.10. The molecule has 0 spiro atoms. The summed E-state index contributed by atoms with van der Waals surface area (Å²) in [5, 5.41) is 9.61. The number of carbonyl (C=O) groups is 1. The lowest BCUT2D eigenvalue weighted by Crippen LogP contribution is -2.46. The van der Waals surface area contributed by atoms with Crippen LogP contribution in [-0.4, -0.2) is 35.7 Å². The van der Waals surface area contributed by atoms with Crippen molar-refractivity contribution < 1.29 is 19.1 Å². The van der Waals surface area contributed by atoms with Gasteiger partial charge < -0.3 is 14.3 Å². The smallest absolute Gasteiger partial charge is 0.320 e. The first kappa shape index (κ1) is 15.6. The minimum atomic E-state index is -0.774. The molecule has 2 aromatic rings. The van der Waals surface area contributed by atoms with Crippen LogP contribution in [0.25, 0.3) is 0 Å². The summed E-state index contributed by atoms with van der Waals surface area (Å²) >= 11 is 0. The summed E-state index contributed by atoms with van der Waals surface area (Å²) < 4.78 is 10.9. The van der Waals surface area contributed by atoms with Crippen LogP contribution in [0.2, 0.25) is 0 Å². The number of rotatable bonds is 5. The number of piperidine rings is 1. The number of hydrogen-bond donors (Lipinski definition) is 1. The highest BCUT2D eigenvalue weighted by Crippen LogP contribution is 2.35. The second-order valence-electron chi connectivity index (χ2n) is 5.78. The molecule has 5 heteroatoms. The third kappa shape index (κ3) is 3.24. The number of carboxylic acid groups (broad SMARTS) is 1. The van der Waals surface area contributed by atoms with Crippen molar-refractivity contribution >= 4 is 5.97 Å². The fourth-order valence-electron chi connectivity index (χ4n) is 3.31. The molecule has 2 unspecified atom stereocenters. The van der Waals surface area contributed by atoms with E-state index >= 15 is 0 Å². The number of aliphatic carboxylic acids is 1. The van der Waals surface area contributed by atoms with E-state index in [1.165, 1.54) is 0 Å². The van der Waals surface area contributed by atoms with Crippen molar-refractivity contribution in [2.75, 3.05) is 13.7 Å². The number of ether oxygens (including phenoxy) is 1. The molecule has 23 heavy (non-hydrogen) atoms. The van der Waals surface area contributed by atoms with Crippen molar-refractivity contribution in [2.24, 2.45) is 0 Å². The summed E-state index contributed by atoms with van der Waals surface area (Å²) in [6.07, 6.45) is 4.22. The van der Waals surface area contributed by atoms with E-state index < -0.39 is 12.0 Å². The Kier molecular flexibility index (Phi) is 4.67. The second-order valence-corrected chi connectivity index (χ2v) is 5.78. The van der Waals surface area contributed by atoms with Gasteiger partial charge in [0.2, 0.25) is 0 Å². The molecule has 0 bridgehead atoms. The van der Waals surface area contributed by atoms with Crippen molar-refractivity contribution in [1.82, 2.24) is 4.90 Å². The first-order valence-corrected chi connectivity index (χ1v) is 7.86. The molecule has 2 atom stereocenters. The Morgan fingerprint density at radius 1 is 1.35 bits per heavy atom. The van der Waals surface area contributed by atoms with Crippen molar-refractivity contribution in [3.8, 4) is 5.75 Å². The van der Waals surface area contributed by atoms with Crippen molar-refractivity contribution in [1.29, 1.82) is 0 Å². The van der Waals surface area contributed by atoms with E-state index in [2.05, 4.69) is 0 Å². The van der Waals surface area contributed by atoms with Crippen LogP contribution in [0, 0.1) is 0 Å². The van der Waals surface area contributed by atoms with Gasteiger partial charge in [-0.25, -0.2) is 0 Å². The number of furan rings is 1. The Hall–Kier alpha value is -2.27. The van der Waals surface area contributed by atoms with Gasteiger partial charge in [-0.1, -0.05) is 18.6 Å². The Bertz CT molecular complexity index is 653. The van der Waals surface area contributed by atoms with Gasteiger partial charge in [0.25, 0.3) is 0 Å². The van der Waals surface area contributed by atoms with Gasteiger partial charge in [0.1, 0.15) is 17.6 Å². The Morgan fingerprint density at radius 2 is 2.22 bits per heavy atom. The number of likely N-dealkylation sites (tertiary alicyclic amines) is 1. The molecule has 2 heterocycles. The van der Waals surface area contributed by atoms with Crippen LogP contribution in [-0.2, 0) is 4.79 Å². The molecule has 0 saturated carbocycles. The van der Waals surface area contributed by atoms with Crippen molar-refractivity contribution in [3.63, 3.8) is 0 Å². The van der Waals surface area contributed by atoms with Crippen LogP contribution in [0.4, 0.5) is 0 Å². The third-order valence-corrected chi connectivity index (χ3v) is 4.38. The lowest BCUT2D eigenvalue weighted by molar-refractivity contribution is -0.145. The van der Waals surface area contributed by atoms with E-state index in [0.717, 1.165) is 36.5 Å². The molecule has 1 saturated heterocycles. The van der Waals surface area contributed by atoms with Crippen LogP contribution < -0.4 is 4.74 Å². The zero-order valence-corrected chi connectivity index (χ0v) is 13.1. The molecule has 1 aromatic carbocycles. The lowest BCUT2D eigenvalue weighted by atomic mass is 9.94. The van der Waals surface area contributed by atoms with Gasteiger partial charge in [0, 0.05) is 6.54 Å². The first-order valence-electron chi connectivity index (χ1n) is 7.86. The molecule has 5 nitrogen and oxygen atoms in total. The highest BCUT2D eigenvalue weighted by Gasteiger charge is 2.36. The molecule has 1 N–H and O–H groups in total. The van der Waals surface area contributed by atoms with Crippen molar-refractivity contribution in [3.05, 3.63) is 54.0 Å². The van der Waals surface area contributed by atoms with Crippen LogP contribution in [0.3, 0.4) is 0 Å². The predicted molar refractivity (Wildman–Crippen MR) is 85.5 cm³/mol. The van der Waals surface area contributed by atoms with Gasteiger partial charge in [0.05, 0.1) is 19.4 Å². The van der Waals surface area contributed by atoms with Crippen LogP contribution in [0.15, 0.2) is 47.1 Å². The van der Waals surface area contributed by atoms with E-state index in [9.17, 15) is 9.90 Å². The van der Waals surface area contributed by atoms with E-state index in [0.29, 0.717) is 6.42 Å². The number of nitrogens with zero attached hydrogens (tertiary/aromatic N) is 1. The lowest BCUT2D eigenvalue weighted by Gasteiger charge is -2.38. The molecule has 3 rings (SSSR count). The van der Waals surface area contributed by atoms with Crippen molar-refractivity contribution in [2.45, 2.75) is 31.3 Å². The highest BCUT2D eigenvalue weighted by molar-refractivity contribution is 5.73. The van der Waals surface area contributed by atoms with E-state index in [4.69, 9.17) is 9.15 Å². The summed E-state index contributed by atoms with van der Waals surface area (Å²) in [5.41, 5.74) is 0.979. The molecular formula is C18H21NO4.